The molecule has 0 spiro atoms. The summed E-state index contributed by atoms with van der Waals surface area (Å²) in [6.45, 7) is 5.71. The first-order valence-corrected chi connectivity index (χ1v) is 8.76. The van der Waals surface area contributed by atoms with Crippen LogP contribution >= 0.6 is 11.3 Å². The van der Waals surface area contributed by atoms with Crippen molar-refractivity contribution < 1.29 is 4.79 Å². The summed E-state index contributed by atoms with van der Waals surface area (Å²) >= 11 is 1.68. The minimum atomic E-state index is -0.389. The van der Waals surface area contributed by atoms with Crippen molar-refractivity contribution >= 4 is 28.0 Å². The van der Waals surface area contributed by atoms with E-state index in [4.69, 9.17) is 0 Å². The Morgan fingerprint density at radius 1 is 1.24 bits per heavy atom. The van der Waals surface area contributed by atoms with Crippen LogP contribution in [0.2, 0.25) is 0 Å². The van der Waals surface area contributed by atoms with E-state index in [1.54, 1.807) is 35.6 Å². The van der Waals surface area contributed by atoms with Gasteiger partial charge in [0.25, 0.3) is 11.1 Å². The van der Waals surface area contributed by atoms with Crippen LogP contribution in [0.4, 0.5) is 0 Å². The third-order valence-electron chi connectivity index (χ3n) is 4.11. The van der Waals surface area contributed by atoms with Gasteiger partial charge in [0, 0.05) is 9.75 Å². The molecule has 25 heavy (non-hydrogen) atoms. The van der Waals surface area contributed by atoms with E-state index < -0.39 is 0 Å². The number of carbonyl (C=O) groups is 1. The first kappa shape index (κ1) is 17.2. The van der Waals surface area contributed by atoms with Gasteiger partial charge in [-0.15, -0.1) is 11.3 Å². The van der Waals surface area contributed by atoms with Crippen LogP contribution in [0.1, 0.15) is 28.3 Å². The quantitative estimate of drug-likeness (QED) is 0.751. The molecule has 0 aliphatic rings. The molecule has 1 atom stereocenters. The number of carbonyl (C=O) groups excluding carboxylic acids is 1. The van der Waals surface area contributed by atoms with Gasteiger partial charge in [0.2, 0.25) is 5.91 Å². The summed E-state index contributed by atoms with van der Waals surface area (Å²) in [5, 5.41) is 5.97. The highest BCUT2D eigenvalue weighted by molar-refractivity contribution is 7.12. The van der Waals surface area contributed by atoms with Crippen molar-refractivity contribution in [3.63, 3.8) is 0 Å². The number of nitrogens with zero attached hydrogens (tertiary/aromatic N) is 1. The highest BCUT2D eigenvalue weighted by Gasteiger charge is 2.15. The van der Waals surface area contributed by atoms with E-state index in [1.165, 1.54) is 4.88 Å². The van der Waals surface area contributed by atoms with E-state index in [0.717, 1.165) is 15.1 Å². The maximum atomic E-state index is 12.4. The van der Waals surface area contributed by atoms with Gasteiger partial charge >= 0.3 is 0 Å². The van der Waals surface area contributed by atoms with Crippen molar-refractivity contribution in [1.82, 2.24) is 15.1 Å². The molecule has 130 valence electrons. The first-order valence-electron chi connectivity index (χ1n) is 7.95. The van der Waals surface area contributed by atoms with Crippen LogP contribution in [-0.4, -0.2) is 15.7 Å². The van der Waals surface area contributed by atoms with E-state index in [-0.39, 0.29) is 29.6 Å². The molecule has 1 aromatic carbocycles. The fourth-order valence-electron chi connectivity index (χ4n) is 2.95. The lowest BCUT2D eigenvalue weighted by atomic mass is 10.1. The number of fused-ring (bicyclic) bond motifs is 1. The molecular weight excluding hydrogens is 338 g/mol. The van der Waals surface area contributed by atoms with Crippen LogP contribution in [0.25, 0.3) is 10.8 Å². The largest absolute Gasteiger partial charge is 0.348 e. The fourth-order valence-corrected chi connectivity index (χ4v) is 3.97. The van der Waals surface area contributed by atoms with Gasteiger partial charge in [-0.3, -0.25) is 19.5 Å². The minimum absolute atomic E-state index is 0.166. The number of aromatic nitrogens is 2. The predicted molar refractivity (Wildman–Crippen MR) is 99.2 cm³/mol. The summed E-state index contributed by atoms with van der Waals surface area (Å²) in [6.07, 6.45) is 0. The average molecular weight is 357 g/mol. The summed E-state index contributed by atoms with van der Waals surface area (Å²) in [6, 6.07) is 8.44. The maximum Gasteiger partial charge on any atom is 0.273 e. The van der Waals surface area contributed by atoms with Gasteiger partial charge < -0.3 is 5.32 Å². The molecule has 6 nitrogen and oxygen atoms in total. The average Bonchev–Trinajstić information content (AvgIpc) is 2.91. The molecule has 2 aromatic heterocycles. The van der Waals surface area contributed by atoms with Gasteiger partial charge in [-0.25, -0.2) is 4.68 Å². The summed E-state index contributed by atoms with van der Waals surface area (Å²) in [7, 11) is 0. The minimum Gasteiger partial charge on any atom is -0.348 e. The first-order chi connectivity index (χ1) is 11.9. The van der Waals surface area contributed by atoms with Crippen LogP contribution in [0.3, 0.4) is 0 Å². The monoisotopic (exact) mass is 357 g/mol. The Labute approximate surface area is 148 Å². The highest BCUT2D eigenvalue weighted by Crippen LogP contribution is 2.25. The van der Waals surface area contributed by atoms with Crippen molar-refractivity contribution in [3.05, 3.63) is 66.4 Å². The number of hydrogen-bond donors (Lipinski definition) is 2. The summed E-state index contributed by atoms with van der Waals surface area (Å²) < 4.78 is 1.05. The molecule has 0 saturated carbocycles. The molecule has 0 fully saturated rings. The van der Waals surface area contributed by atoms with Crippen LogP contribution in [0, 0.1) is 13.8 Å². The molecule has 0 aliphatic carbocycles. The molecular formula is C18H19N3O3S. The Balaban J connectivity index is 1.83. The molecule has 7 heteroatoms. The van der Waals surface area contributed by atoms with Crippen LogP contribution in [0.15, 0.2) is 39.9 Å². The zero-order chi connectivity index (χ0) is 18.1. The molecule has 3 aromatic rings. The van der Waals surface area contributed by atoms with E-state index in [9.17, 15) is 14.4 Å². The van der Waals surface area contributed by atoms with Gasteiger partial charge in [-0.05, 0) is 44.5 Å². The van der Waals surface area contributed by atoms with E-state index >= 15 is 0 Å². The van der Waals surface area contributed by atoms with Gasteiger partial charge in [0.15, 0.2) is 0 Å². The Hall–Kier alpha value is -2.67. The SMILES string of the molecule is Cc1cc([C@H](C)NC(=O)Cn2[nH]c(=O)c3ccccc3c2=O)c(C)s1. The third kappa shape index (κ3) is 3.41. The second-order valence-corrected chi connectivity index (χ2v) is 7.50. The number of rotatable bonds is 4. The van der Waals surface area contributed by atoms with Crippen LogP contribution in [0.5, 0.6) is 0 Å². The highest BCUT2D eigenvalue weighted by atomic mass is 32.1. The summed E-state index contributed by atoms with van der Waals surface area (Å²) in [5.41, 5.74) is 0.288. The van der Waals surface area contributed by atoms with Gasteiger partial charge in [0.05, 0.1) is 16.8 Å². The lowest BCUT2D eigenvalue weighted by Crippen LogP contribution is -2.37. The zero-order valence-electron chi connectivity index (χ0n) is 14.3. The third-order valence-corrected chi connectivity index (χ3v) is 5.09. The summed E-state index contributed by atoms with van der Waals surface area (Å²) in [5.74, 6) is -0.330. The number of thiophene rings is 1. The number of benzene rings is 1. The van der Waals surface area contributed by atoms with Gasteiger partial charge in [0.1, 0.15) is 6.54 Å². The number of hydrogen-bond acceptors (Lipinski definition) is 4. The second kappa shape index (κ2) is 6.68. The fraction of sp³-hybridized carbons (Fsp3) is 0.278. The Morgan fingerprint density at radius 2 is 1.92 bits per heavy atom. The van der Waals surface area contributed by atoms with Crippen molar-refractivity contribution in [1.29, 1.82) is 0 Å². The number of aromatic amines is 1. The number of nitrogens with one attached hydrogen (secondary N) is 2. The van der Waals surface area contributed by atoms with E-state index in [0.29, 0.717) is 10.8 Å². The van der Waals surface area contributed by atoms with Crippen molar-refractivity contribution in [2.75, 3.05) is 0 Å². The Morgan fingerprint density at radius 3 is 2.56 bits per heavy atom. The molecule has 0 saturated heterocycles. The second-order valence-electron chi connectivity index (χ2n) is 6.04. The van der Waals surface area contributed by atoms with Crippen LogP contribution in [-0.2, 0) is 11.3 Å². The van der Waals surface area contributed by atoms with Crippen LogP contribution < -0.4 is 16.4 Å². The molecule has 2 heterocycles. The lowest BCUT2D eigenvalue weighted by molar-refractivity contribution is -0.122. The van der Waals surface area contributed by atoms with Gasteiger partial charge in [-0.1, -0.05) is 12.1 Å². The summed E-state index contributed by atoms with van der Waals surface area (Å²) in [4.78, 5) is 39.2. The molecule has 2 N–H and O–H groups in total. The number of H-pyrrole nitrogens is 1. The van der Waals surface area contributed by atoms with Gasteiger partial charge in [-0.2, -0.15) is 0 Å². The smallest absolute Gasteiger partial charge is 0.273 e. The molecule has 0 radical (unpaired) electrons. The lowest BCUT2D eigenvalue weighted by Gasteiger charge is -2.14. The molecule has 0 unspecified atom stereocenters. The van der Waals surface area contributed by atoms with Crippen molar-refractivity contribution in [2.24, 2.45) is 0 Å². The predicted octanol–water partition coefficient (Wildman–Crippen LogP) is 2.25. The van der Waals surface area contributed by atoms with E-state index in [2.05, 4.69) is 16.5 Å². The topological polar surface area (TPSA) is 84.0 Å². The normalized spacial score (nSPS) is 12.3. The number of aryl methyl sites for hydroxylation is 2. The zero-order valence-corrected chi connectivity index (χ0v) is 15.1. The Bertz CT molecular complexity index is 1060. The van der Waals surface area contributed by atoms with Crippen molar-refractivity contribution in [3.8, 4) is 0 Å². The molecule has 1 amide bonds. The number of amides is 1. The van der Waals surface area contributed by atoms with Crippen molar-refractivity contribution in [2.45, 2.75) is 33.4 Å². The maximum absolute atomic E-state index is 12.4. The molecule has 0 aliphatic heterocycles. The van der Waals surface area contributed by atoms with E-state index in [1.807, 2.05) is 20.8 Å². The molecule has 3 rings (SSSR count). The Kier molecular flexibility index (Phi) is 4.59. The molecule has 0 bridgehead atoms. The standard InChI is InChI=1S/C18H19N3O3S/c1-10-8-15(12(3)25-10)11(2)19-16(22)9-21-18(24)14-7-5-4-6-13(14)17(23)20-21/h4-8,11H,9H2,1-3H3,(H,19,22)(H,20,23)/t11-/m0/s1.